The Labute approximate surface area is 136 Å². The van der Waals surface area contributed by atoms with Gasteiger partial charge in [0.15, 0.2) is 0 Å². The minimum Gasteiger partial charge on any atom is -0.323 e. The second-order valence-electron chi connectivity index (χ2n) is 6.21. The first-order chi connectivity index (χ1) is 9.92. The number of fused-ring (bicyclic) bond motifs is 1. The summed E-state index contributed by atoms with van der Waals surface area (Å²) in [6.07, 6.45) is 1.09. The van der Waals surface area contributed by atoms with Gasteiger partial charge in [0.2, 0.25) is 0 Å². The predicted molar refractivity (Wildman–Crippen MR) is 91.3 cm³/mol. The number of rotatable bonds is 6. The Hall–Kier alpha value is -0.770. The molecule has 0 amide bonds. The van der Waals surface area contributed by atoms with Crippen LogP contribution in [-0.4, -0.2) is 35.1 Å². The molecule has 0 saturated heterocycles. The molecule has 2 rings (SSSR count). The summed E-state index contributed by atoms with van der Waals surface area (Å²) in [7, 11) is 4.20. The number of hydrogen-bond acceptors (Lipinski definition) is 2. The van der Waals surface area contributed by atoms with E-state index >= 15 is 0 Å². The first kappa shape index (κ1) is 16.6. The van der Waals surface area contributed by atoms with Gasteiger partial charge in [-0.3, -0.25) is 0 Å². The molecule has 0 radical (unpaired) electrons. The molecule has 1 atom stereocenters. The summed E-state index contributed by atoms with van der Waals surface area (Å²) in [6.45, 7) is 5.47. The molecule has 0 bridgehead atoms. The van der Waals surface area contributed by atoms with Gasteiger partial charge in [-0.2, -0.15) is 0 Å². The third-order valence-electron chi connectivity index (χ3n) is 3.53. The highest BCUT2D eigenvalue weighted by Crippen LogP contribution is 2.28. The Morgan fingerprint density at radius 1 is 1.29 bits per heavy atom. The van der Waals surface area contributed by atoms with Crippen LogP contribution in [0.3, 0.4) is 0 Å². The number of likely N-dealkylation sites (N-methyl/N-ethyl adjacent to an activating group) is 1. The molecule has 1 aromatic carbocycles. The monoisotopic (exact) mass is 327 g/mol. The molecule has 0 fully saturated rings. The molecular formula is C16H23Cl2N3. The third kappa shape index (κ3) is 3.91. The lowest BCUT2D eigenvalue weighted by Crippen LogP contribution is -2.26. The zero-order valence-corrected chi connectivity index (χ0v) is 14.6. The van der Waals surface area contributed by atoms with Gasteiger partial charge in [0.1, 0.15) is 5.82 Å². The lowest BCUT2D eigenvalue weighted by Gasteiger charge is -2.26. The second kappa shape index (κ2) is 6.99. The number of halogens is 2. The second-order valence-corrected chi connectivity index (χ2v) is 6.91. The van der Waals surface area contributed by atoms with Crippen molar-refractivity contribution in [3.63, 3.8) is 0 Å². The summed E-state index contributed by atoms with van der Waals surface area (Å²) in [4.78, 5) is 6.87. The van der Waals surface area contributed by atoms with Gasteiger partial charge in [-0.1, -0.05) is 25.4 Å². The molecule has 3 nitrogen and oxygen atoms in total. The lowest BCUT2D eigenvalue weighted by atomic mass is 10.0. The number of hydrogen-bond donors (Lipinski definition) is 0. The maximum absolute atomic E-state index is 6.13. The van der Waals surface area contributed by atoms with Gasteiger partial charge in [0.05, 0.1) is 16.9 Å². The van der Waals surface area contributed by atoms with E-state index in [1.54, 1.807) is 0 Å². The van der Waals surface area contributed by atoms with Crippen molar-refractivity contribution in [1.82, 2.24) is 14.5 Å². The highest BCUT2D eigenvalue weighted by atomic mass is 35.5. The van der Waals surface area contributed by atoms with Crippen LogP contribution >= 0.6 is 23.2 Å². The summed E-state index contributed by atoms with van der Waals surface area (Å²) in [5, 5.41) is 0.710. The van der Waals surface area contributed by atoms with Crippen LogP contribution < -0.4 is 0 Å². The van der Waals surface area contributed by atoms with E-state index in [4.69, 9.17) is 23.2 Å². The molecule has 1 aromatic heterocycles. The van der Waals surface area contributed by atoms with E-state index < -0.39 is 0 Å². The highest BCUT2D eigenvalue weighted by Gasteiger charge is 2.20. The molecule has 0 N–H and O–H groups in total. The number of imidazole rings is 1. The SMILES string of the molecule is CC(C)CC(CN(C)C)n1c(CCl)nc2cc(Cl)ccc21. The fourth-order valence-corrected chi connectivity index (χ4v) is 3.21. The van der Waals surface area contributed by atoms with Gasteiger partial charge in [-0.05, 0) is 44.6 Å². The topological polar surface area (TPSA) is 21.1 Å². The van der Waals surface area contributed by atoms with Gasteiger partial charge < -0.3 is 9.47 Å². The van der Waals surface area contributed by atoms with Gasteiger partial charge >= 0.3 is 0 Å². The maximum Gasteiger partial charge on any atom is 0.125 e. The van der Waals surface area contributed by atoms with Crippen molar-refractivity contribution in [2.75, 3.05) is 20.6 Å². The summed E-state index contributed by atoms with van der Waals surface area (Å²) in [5.74, 6) is 1.94. The average molecular weight is 328 g/mol. The summed E-state index contributed by atoms with van der Waals surface area (Å²) in [6, 6.07) is 6.23. The van der Waals surface area contributed by atoms with Crippen molar-refractivity contribution in [1.29, 1.82) is 0 Å². The quantitative estimate of drug-likeness (QED) is 0.724. The molecular weight excluding hydrogens is 305 g/mol. The molecule has 0 spiro atoms. The molecule has 116 valence electrons. The van der Waals surface area contributed by atoms with Gasteiger partial charge in [-0.25, -0.2) is 4.98 Å². The first-order valence-corrected chi connectivity index (χ1v) is 8.20. The molecule has 2 aromatic rings. The standard InChI is InChI=1S/C16H23Cl2N3/c1-11(2)7-13(10-20(3)4)21-15-6-5-12(18)8-14(15)19-16(21)9-17/h5-6,8,11,13H,7,9-10H2,1-4H3. The van der Waals surface area contributed by atoms with E-state index in [0.717, 1.165) is 29.8 Å². The van der Waals surface area contributed by atoms with E-state index in [1.807, 2.05) is 18.2 Å². The van der Waals surface area contributed by atoms with E-state index in [2.05, 4.69) is 42.4 Å². The molecule has 1 unspecified atom stereocenters. The van der Waals surface area contributed by atoms with E-state index in [-0.39, 0.29) is 0 Å². The van der Waals surface area contributed by atoms with Crippen LogP contribution in [0.15, 0.2) is 18.2 Å². The van der Waals surface area contributed by atoms with Gasteiger partial charge in [0.25, 0.3) is 0 Å². The van der Waals surface area contributed by atoms with E-state index in [1.165, 1.54) is 0 Å². The molecule has 5 heteroatoms. The van der Waals surface area contributed by atoms with Crippen LogP contribution in [0.1, 0.15) is 32.1 Å². The van der Waals surface area contributed by atoms with Crippen LogP contribution in [0.25, 0.3) is 11.0 Å². The smallest absolute Gasteiger partial charge is 0.125 e. The number of nitrogens with zero attached hydrogens (tertiary/aromatic N) is 3. The summed E-state index contributed by atoms with van der Waals surface area (Å²) < 4.78 is 2.29. The predicted octanol–water partition coefficient (Wildman–Crippen LogP) is 4.58. The fraction of sp³-hybridized carbons (Fsp3) is 0.562. The number of benzene rings is 1. The molecule has 0 saturated carbocycles. The number of alkyl halides is 1. The van der Waals surface area contributed by atoms with Crippen LogP contribution in [0.4, 0.5) is 0 Å². The Bertz CT molecular complexity index is 595. The van der Waals surface area contributed by atoms with Gasteiger partial charge in [-0.15, -0.1) is 11.6 Å². The maximum atomic E-state index is 6.13. The lowest BCUT2D eigenvalue weighted by molar-refractivity contribution is 0.289. The van der Waals surface area contributed by atoms with Crippen molar-refractivity contribution in [3.05, 3.63) is 29.0 Å². The Kier molecular flexibility index (Phi) is 5.53. The Morgan fingerprint density at radius 3 is 2.57 bits per heavy atom. The van der Waals surface area contributed by atoms with Gasteiger partial charge in [0, 0.05) is 17.6 Å². The fourth-order valence-electron chi connectivity index (χ4n) is 2.85. The Morgan fingerprint density at radius 2 is 2.00 bits per heavy atom. The Balaban J connectivity index is 2.53. The van der Waals surface area contributed by atoms with Crippen LogP contribution in [0.5, 0.6) is 0 Å². The zero-order valence-electron chi connectivity index (χ0n) is 13.1. The molecule has 0 aliphatic heterocycles. The zero-order chi connectivity index (χ0) is 15.6. The van der Waals surface area contributed by atoms with Crippen molar-refractivity contribution >= 4 is 34.2 Å². The third-order valence-corrected chi connectivity index (χ3v) is 4.00. The number of aromatic nitrogens is 2. The largest absolute Gasteiger partial charge is 0.323 e. The first-order valence-electron chi connectivity index (χ1n) is 7.29. The summed E-state index contributed by atoms with van der Waals surface area (Å²) in [5.41, 5.74) is 2.04. The average Bonchev–Trinajstić information content (AvgIpc) is 2.74. The van der Waals surface area contributed by atoms with Crippen molar-refractivity contribution in [2.45, 2.75) is 32.2 Å². The van der Waals surface area contributed by atoms with Crippen molar-refractivity contribution < 1.29 is 0 Å². The van der Waals surface area contributed by atoms with Crippen LogP contribution in [-0.2, 0) is 5.88 Å². The molecule has 0 aliphatic rings. The minimum absolute atomic E-state index is 0.361. The minimum atomic E-state index is 0.361. The highest BCUT2D eigenvalue weighted by molar-refractivity contribution is 6.31. The molecule has 0 aliphatic carbocycles. The normalized spacial score (nSPS) is 13.5. The van der Waals surface area contributed by atoms with E-state index in [0.29, 0.717) is 22.9 Å². The van der Waals surface area contributed by atoms with Crippen molar-refractivity contribution in [2.24, 2.45) is 5.92 Å². The molecule has 1 heterocycles. The van der Waals surface area contributed by atoms with E-state index in [9.17, 15) is 0 Å². The van der Waals surface area contributed by atoms with Crippen molar-refractivity contribution in [3.8, 4) is 0 Å². The summed E-state index contributed by atoms with van der Waals surface area (Å²) >= 11 is 12.2. The van der Waals surface area contributed by atoms with Crippen LogP contribution in [0.2, 0.25) is 5.02 Å². The molecule has 21 heavy (non-hydrogen) atoms. The van der Waals surface area contributed by atoms with Crippen LogP contribution in [0, 0.1) is 5.92 Å².